The van der Waals surface area contributed by atoms with Gasteiger partial charge in [0, 0.05) is 18.2 Å². The molecule has 4 heteroatoms. The van der Waals surface area contributed by atoms with Gasteiger partial charge in [-0.25, -0.2) is 0 Å². The Morgan fingerprint density at radius 2 is 2.47 bits per heavy atom. The average molecular weight is 236 g/mol. The minimum atomic E-state index is 0.0343. The van der Waals surface area contributed by atoms with Crippen LogP contribution in [0, 0.1) is 6.92 Å². The van der Waals surface area contributed by atoms with Crippen molar-refractivity contribution in [3.8, 4) is 0 Å². The van der Waals surface area contributed by atoms with E-state index in [1.807, 2.05) is 17.9 Å². The third-order valence-electron chi connectivity index (χ3n) is 3.44. The normalized spacial score (nSPS) is 19.9. The second-order valence-corrected chi connectivity index (χ2v) is 4.66. The van der Waals surface area contributed by atoms with E-state index in [9.17, 15) is 4.79 Å². The van der Waals surface area contributed by atoms with Crippen molar-refractivity contribution in [1.29, 1.82) is 0 Å². The molecule has 0 radical (unpaired) electrons. The van der Waals surface area contributed by atoms with Crippen LogP contribution in [0.1, 0.15) is 41.8 Å². The van der Waals surface area contributed by atoms with Gasteiger partial charge < -0.3 is 15.1 Å². The van der Waals surface area contributed by atoms with Gasteiger partial charge in [0.2, 0.25) is 0 Å². The van der Waals surface area contributed by atoms with Gasteiger partial charge in [0.15, 0.2) is 5.76 Å². The van der Waals surface area contributed by atoms with E-state index in [1.165, 1.54) is 0 Å². The third kappa shape index (κ3) is 2.52. The second kappa shape index (κ2) is 5.36. The Labute approximate surface area is 102 Å². The molecule has 1 saturated heterocycles. The summed E-state index contributed by atoms with van der Waals surface area (Å²) in [5.74, 6) is 0.525. The van der Waals surface area contributed by atoms with Gasteiger partial charge in [-0.15, -0.1) is 0 Å². The van der Waals surface area contributed by atoms with Gasteiger partial charge in [-0.3, -0.25) is 4.79 Å². The van der Waals surface area contributed by atoms with Crippen LogP contribution in [0.5, 0.6) is 0 Å². The average Bonchev–Trinajstić information content (AvgIpc) is 2.94. The molecular formula is C13H20N2O2. The summed E-state index contributed by atoms with van der Waals surface area (Å²) in [5, 5.41) is 0. The van der Waals surface area contributed by atoms with Crippen molar-refractivity contribution in [2.75, 3.05) is 13.1 Å². The molecule has 0 spiro atoms. The third-order valence-corrected chi connectivity index (χ3v) is 3.44. The highest BCUT2D eigenvalue weighted by Gasteiger charge is 2.30. The molecule has 2 heterocycles. The lowest BCUT2D eigenvalue weighted by Crippen LogP contribution is -2.35. The van der Waals surface area contributed by atoms with E-state index < -0.39 is 0 Å². The molecule has 2 N–H and O–H groups in total. The van der Waals surface area contributed by atoms with Crippen molar-refractivity contribution in [2.45, 2.75) is 38.6 Å². The Morgan fingerprint density at radius 3 is 3.12 bits per heavy atom. The molecule has 1 unspecified atom stereocenters. The molecule has 0 aromatic carbocycles. The molecule has 4 nitrogen and oxygen atoms in total. The molecule has 0 bridgehead atoms. The summed E-state index contributed by atoms with van der Waals surface area (Å²) < 4.78 is 5.28. The van der Waals surface area contributed by atoms with E-state index in [0.29, 0.717) is 18.3 Å². The van der Waals surface area contributed by atoms with Crippen molar-refractivity contribution in [2.24, 2.45) is 5.73 Å². The summed E-state index contributed by atoms with van der Waals surface area (Å²) in [7, 11) is 0. The molecule has 1 aliphatic rings. The summed E-state index contributed by atoms with van der Waals surface area (Å²) in [6.45, 7) is 3.44. The fourth-order valence-electron chi connectivity index (χ4n) is 2.48. The number of carbonyl (C=O) groups is 1. The summed E-state index contributed by atoms with van der Waals surface area (Å²) in [5.41, 5.74) is 6.44. The lowest BCUT2D eigenvalue weighted by atomic mass is 10.1. The number of hydrogen-bond donors (Lipinski definition) is 1. The molecule has 0 saturated carbocycles. The SMILES string of the molecule is Cc1ccoc1C(=O)N1CCCC1CCCN. The van der Waals surface area contributed by atoms with Gasteiger partial charge >= 0.3 is 0 Å². The van der Waals surface area contributed by atoms with E-state index in [1.54, 1.807) is 6.26 Å². The number of furan rings is 1. The Bertz CT molecular complexity index is 387. The van der Waals surface area contributed by atoms with Crippen LogP contribution in [0.4, 0.5) is 0 Å². The number of hydrogen-bond acceptors (Lipinski definition) is 3. The molecule has 17 heavy (non-hydrogen) atoms. The smallest absolute Gasteiger partial charge is 0.290 e. The topological polar surface area (TPSA) is 59.5 Å². The van der Waals surface area contributed by atoms with Crippen molar-refractivity contribution in [3.05, 3.63) is 23.7 Å². The number of amides is 1. The van der Waals surface area contributed by atoms with E-state index in [2.05, 4.69) is 0 Å². The molecule has 1 aromatic rings. The maximum Gasteiger partial charge on any atom is 0.290 e. The van der Waals surface area contributed by atoms with Crippen LogP contribution in [-0.2, 0) is 0 Å². The first-order valence-electron chi connectivity index (χ1n) is 6.29. The molecule has 1 atom stereocenters. The zero-order valence-corrected chi connectivity index (χ0v) is 10.3. The Kier molecular flexibility index (Phi) is 3.84. The first-order chi connectivity index (χ1) is 8.24. The summed E-state index contributed by atoms with van der Waals surface area (Å²) in [6.07, 6.45) is 5.73. The molecule has 0 aliphatic carbocycles. The lowest BCUT2D eigenvalue weighted by Gasteiger charge is -2.23. The van der Waals surface area contributed by atoms with E-state index in [4.69, 9.17) is 10.2 Å². The predicted octanol–water partition coefficient (Wildman–Crippen LogP) is 1.93. The molecule has 1 amide bonds. The Morgan fingerprint density at radius 1 is 1.65 bits per heavy atom. The van der Waals surface area contributed by atoms with Crippen LogP contribution in [0.3, 0.4) is 0 Å². The van der Waals surface area contributed by atoms with Crippen molar-refractivity contribution >= 4 is 5.91 Å². The highest BCUT2D eigenvalue weighted by Crippen LogP contribution is 2.24. The fourth-order valence-corrected chi connectivity index (χ4v) is 2.48. The Balaban J connectivity index is 2.06. The lowest BCUT2D eigenvalue weighted by molar-refractivity contribution is 0.0696. The van der Waals surface area contributed by atoms with Gasteiger partial charge in [0.25, 0.3) is 5.91 Å². The fraction of sp³-hybridized carbons (Fsp3) is 0.615. The molecule has 1 fully saturated rings. The van der Waals surface area contributed by atoms with Gasteiger partial charge in [0.1, 0.15) is 0 Å². The minimum Gasteiger partial charge on any atom is -0.459 e. The summed E-state index contributed by atoms with van der Waals surface area (Å²) in [4.78, 5) is 14.2. The number of carbonyl (C=O) groups excluding carboxylic acids is 1. The van der Waals surface area contributed by atoms with E-state index in [0.717, 1.165) is 37.8 Å². The van der Waals surface area contributed by atoms with Crippen LogP contribution < -0.4 is 5.73 Å². The number of rotatable bonds is 4. The number of likely N-dealkylation sites (tertiary alicyclic amines) is 1. The minimum absolute atomic E-state index is 0.0343. The van der Waals surface area contributed by atoms with Crippen molar-refractivity contribution < 1.29 is 9.21 Å². The van der Waals surface area contributed by atoms with Gasteiger partial charge in [-0.1, -0.05) is 0 Å². The summed E-state index contributed by atoms with van der Waals surface area (Å²) in [6, 6.07) is 2.17. The van der Waals surface area contributed by atoms with Crippen molar-refractivity contribution in [3.63, 3.8) is 0 Å². The largest absolute Gasteiger partial charge is 0.459 e. The number of nitrogens with two attached hydrogens (primary N) is 1. The van der Waals surface area contributed by atoms with Crippen LogP contribution in [0.25, 0.3) is 0 Å². The second-order valence-electron chi connectivity index (χ2n) is 4.66. The molecule has 2 rings (SSSR count). The van der Waals surface area contributed by atoms with Crippen LogP contribution in [0.2, 0.25) is 0 Å². The first-order valence-corrected chi connectivity index (χ1v) is 6.29. The van der Waals surface area contributed by atoms with Crippen LogP contribution >= 0.6 is 0 Å². The summed E-state index contributed by atoms with van der Waals surface area (Å²) >= 11 is 0. The standard InChI is InChI=1S/C13H20N2O2/c1-10-6-9-17-12(10)13(16)15-8-3-5-11(15)4-2-7-14/h6,9,11H,2-5,7-8,14H2,1H3. The Hall–Kier alpha value is -1.29. The monoisotopic (exact) mass is 236 g/mol. The van der Waals surface area contributed by atoms with Gasteiger partial charge in [-0.05, 0) is 45.2 Å². The zero-order chi connectivity index (χ0) is 12.3. The number of aryl methyl sites for hydroxylation is 1. The maximum atomic E-state index is 12.3. The van der Waals surface area contributed by atoms with E-state index in [-0.39, 0.29) is 5.91 Å². The molecule has 1 aromatic heterocycles. The van der Waals surface area contributed by atoms with Crippen LogP contribution in [0.15, 0.2) is 16.7 Å². The quantitative estimate of drug-likeness (QED) is 0.869. The molecular weight excluding hydrogens is 216 g/mol. The highest BCUT2D eigenvalue weighted by molar-refractivity contribution is 5.93. The number of nitrogens with zero attached hydrogens (tertiary/aromatic N) is 1. The maximum absolute atomic E-state index is 12.3. The van der Waals surface area contributed by atoms with Crippen molar-refractivity contribution in [1.82, 2.24) is 4.90 Å². The highest BCUT2D eigenvalue weighted by atomic mass is 16.3. The first kappa shape index (κ1) is 12.2. The van der Waals surface area contributed by atoms with Gasteiger partial charge in [-0.2, -0.15) is 0 Å². The molecule has 1 aliphatic heterocycles. The predicted molar refractivity (Wildman–Crippen MR) is 65.8 cm³/mol. The van der Waals surface area contributed by atoms with E-state index >= 15 is 0 Å². The molecule has 94 valence electrons. The van der Waals surface area contributed by atoms with Crippen LogP contribution in [-0.4, -0.2) is 29.9 Å². The zero-order valence-electron chi connectivity index (χ0n) is 10.3. The van der Waals surface area contributed by atoms with Gasteiger partial charge in [0.05, 0.1) is 6.26 Å².